The summed E-state index contributed by atoms with van der Waals surface area (Å²) in [6.45, 7) is 3.92. The highest BCUT2D eigenvalue weighted by atomic mass is 35.5. The zero-order chi connectivity index (χ0) is 10.9. The first kappa shape index (κ1) is 12.0. The van der Waals surface area contributed by atoms with Gasteiger partial charge < -0.3 is 0 Å². The average molecular weight is 314 g/mol. The van der Waals surface area contributed by atoms with Crippen LogP contribution in [0, 0.1) is 12.3 Å². The van der Waals surface area contributed by atoms with Crippen molar-refractivity contribution in [1.82, 2.24) is 0 Å². The molecule has 3 atom stereocenters. The lowest BCUT2D eigenvalue weighted by molar-refractivity contribution is 0.512. The summed E-state index contributed by atoms with van der Waals surface area (Å²) in [4.78, 5) is -1.11. The lowest BCUT2D eigenvalue weighted by Gasteiger charge is -2.37. The molecule has 0 amide bonds. The zero-order valence-corrected chi connectivity index (χ0v) is 11.3. The van der Waals surface area contributed by atoms with E-state index < -0.39 is 20.0 Å². The van der Waals surface area contributed by atoms with Gasteiger partial charge in [0.1, 0.15) is 4.87 Å². The lowest BCUT2D eigenvalue weighted by Crippen LogP contribution is -2.45. The van der Waals surface area contributed by atoms with Crippen LogP contribution in [-0.2, 0) is 0 Å². The fraction of sp³-hybridized carbons (Fsp3) is 0.625. The zero-order valence-electron chi connectivity index (χ0n) is 6.76. The molecule has 2 aliphatic rings. The monoisotopic (exact) mass is 311 g/mol. The summed E-state index contributed by atoms with van der Waals surface area (Å²) in [7, 11) is 0. The van der Waals surface area contributed by atoms with Gasteiger partial charge in [-0.2, -0.15) is 0 Å². The van der Waals surface area contributed by atoms with Gasteiger partial charge in [0, 0.05) is 10.4 Å². The van der Waals surface area contributed by atoms with Crippen LogP contribution in [0.15, 0.2) is 10.1 Å². The van der Waals surface area contributed by atoms with Crippen molar-refractivity contribution in [2.45, 2.75) is 21.0 Å². The fourth-order valence-electron chi connectivity index (χ4n) is 2.00. The normalized spacial score (nSPS) is 50.4. The Balaban J connectivity index is 2.66. The second kappa shape index (κ2) is 3.03. The molecule has 2 aliphatic carbocycles. The van der Waals surface area contributed by atoms with Crippen LogP contribution in [0.1, 0.15) is 6.42 Å². The van der Waals surface area contributed by atoms with Gasteiger partial charge in [0.25, 0.3) is 0 Å². The summed E-state index contributed by atoms with van der Waals surface area (Å²) in [6.07, 6.45) is 0.361. The van der Waals surface area contributed by atoms with Gasteiger partial charge in [0.15, 0.2) is 4.33 Å². The van der Waals surface area contributed by atoms with Crippen LogP contribution in [0.3, 0.4) is 0 Å². The van der Waals surface area contributed by atoms with Crippen LogP contribution in [-0.4, -0.2) is 14.6 Å². The number of halogens is 6. The molecule has 0 saturated heterocycles. The molecule has 0 aliphatic heterocycles. The lowest BCUT2D eigenvalue weighted by atomic mass is 9.89. The van der Waals surface area contributed by atoms with Crippen molar-refractivity contribution in [2.24, 2.45) is 5.41 Å². The number of hydrogen-bond donors (Lipinski definition) is 0. The summed E-state index contributed by atoms with van der Waals surface area (Å²) in [5, 5.41) is -0.0188. The summed E-state index contributed by atoms with van der Waals surface area (Å²) >= 11 is 36.5. The van der Waals surface area contributed by atoms with Crippen LogP contribution < -0.4 is 0 Å². The molecule has 79 valence electrons. The third-order valence-corrected chi connectivity index (χ3v) is 7.00. The topological polar surface area (TPSA) is 0 Å². The van der Waals surface area contributed by atoms with E-state index in [4.69, 9.17) is 69.6 Å². The molecule has 0 heterocycles. The smallest absolute Gasteiger partial charge is 0.119 e. The Hall–Kier alpha value is 1.48. The van der Waals surface area contributed by atoms with E-state index in [1.54, 1.807) is 0 Å². The third kappa shape index (κ3) is 1.06. The maximum absolute atomic E-state index is 6.26. The van der Waals surface area contributed by atoms with Crippen LogP contribution in [0.4, 0.5) is 0 Å². The molecule has 0 nitrogen and oxygen atoms in total. The maximum Gasteiger partial charge on any atom is 0.159 e. The van der Waals surface area contributed by atoms with Crippen LogP contribution in [0.2, 0.25) is 0 Å². The van der Waals surface area contributed by atoms with Gasteiger partial charge in [0.05, 0.1) is 10.4 Å². The summed E-state index contributed by atoms with van der Waals surface area (Å²) in [5.74, 6) is 0. The molecule has 6 heteroatoms. The van der Waals surface area contributed by atoms with E-state index in [-0.39, 0.29) is 5.03 Å². The number of rotatable bonds is 0. The van der Waals surface area contributed by atoms with Crippen molar-refractivity contribution in [3.63, 3.8) is 0 Å². The molecule has 0 spiro atoms. The van der Waals surface area contributed by atoms with Crippen molar-refractivity contribution >= 4 is 69.6 Å². The Labute approximate surface area is 112 Å². The molecule has 14 heavy (non-hydrogen) atoms. The first-order chi connectivity index (χ1) is 6.18. The van der Waals surface area contributed by atoms with Gasteiger partial charge in [0.2, 0.25) is 0 Å². The molecule has 0 aromatic heterocycles. The summed E-state index contributed by atoms with van der Waals surface area (Å²) in [6, 6.07) is 0. The van der Waals surface area contributed by atoms with E-state index in [2.05, 4.69) is 6.92 Å². The molecule has 1 saturated carbocycles. The Kier molecular flexibility index (Phi) is 2.58. The molecule has 0 N–H and O–H groups in total. The Bertz CT molecular complexity index is 335. The molecular weight excluding hydrogens is 309 g/mol. The van der Waals surface area contributed by atoms with Gasteiger partial charge >= 0.3 is 0 Å². The van der Waals surface area contributed by atoms with Gasteiger partial charge in [-0.1, -0.05) is 46.4 Å². The number of alkyl halides is 4. The Morgan fingerprint density at radius 1 is 1.14 bits per heavy atom. The minimum Gasteiger partial charge on any atom is -0.119 e. The molecule has 2 rings (SSSR count). The van der Waals surface area contributed by atoms with E-state index in [0.717, 1.165) is 0 Å². The minimum absolute atomic E-state index is 0.262. The first-order valence-electron chi connectivity index (χ1n) is 3.80. The number of fused-ring (bicyclic) bond motifs is 2. The molecule has 3 unspecified atom stereocenters. The molecule has 2 bridgehead atoms. The average Bonchev–Trinajstić information content (AvgIpc) is 2.35. The van der Waals surface area contributed by atoms with Gasteiger partial charge in [-0.15, -0.1) is 23.2 Å². The van der Waals surface area contributed by atoms with Gasteiger partial charge in [-0.25, -0.2) is 0 Å². The van der Waals surface area contributed by atoms with E-state index in [9.17, 15) is 0 Å². The predicted molar refractivity (Wildman–Crippen MR) is 63.8 cm³/mol. The number of allylic oxidation sites excluding steroid dienone is 2. The van der Waals surface area contributed by atoms with Crippen molar-refractivity contribution in [3.8, 4) is 0 Å². The summed E-state index contributed by atoms with van der Waals surface area (Å²) in [5.41, 5.74) is -0.772. The highest BCUT2D eigenvalue weighted by Crippen LogP contribution is 2.72. The Morgan fingerprint density at radius 2 is 1.64 bits per heavy atom. The molecule has 0 aromatic rings. The van der Waals surface area contributed by atoms with E-state index in [0.29, 0.717) is 11.5 Å². The van der Waals surface area contributed by atoms with Crippen molar-refractivity contribution in [2.75, 3.05) is 0 Å². The van der Waals surface area contributed by atoms with Gasteiger partial charge in [-0.3, -0.25) is 0 Å². The largest absolute Gasteiger partial charge is 0.159 e. The van der Waals surface area contributed by atoms with Gasteiger partial charge in [-0.05, 0) is 13.3 Å². The molecular formula is C8H5Cl6. The SMILES string of the molecule is [CH2]C12CC(Cl)(C(Cl)=C1Cl)C(Cl)(Cl)C2Cl. The number of hydrogen-bond acceptors (Lipinski definition) is 0. The predicted octanol–water partition coefficient (Wildman–Crippen LogP) is 4.67. The van der Waals surface area contributed by atoms with E-state index in [1.165, 1.54) is 0 Å². The molecule has 1 fully saturated rings. The third-order valence-electron chi connectivity index (χ3n) is 2.87. The first-order valence-corrected chi connectivity index (χ1v) is 6.13. The quantitative estimate of drug-likeness (QED) is 0.570. The fourth-order valence-corrected chi connectivity index (χ4v) is 4.55. The maximum atomic E-state index is 6.26. The molecule has 0 aromatic carbocycles. The van der Waals surface area contributed by atoms with E-state index >= 15 is 0 Å². The van der Waals surface area contributed by atoms with Crippen LogP contribution in [0.25, 0.3) is 0 Å². The Morgan fingerprint density at radius 3 is 2.00 bits per heavy atom. The van der Waals surface area contributed by atoms with E-state index in [1.807, 2.05) is 0 Å². The summed E-state index contributed by atoms with van der Waals surface area (Å²) < 4.78 is -1.34. The highest BCUT2D eigenvalue weighted by molar-refractivity contribution is 6.61. The van der Waals surface area contributed by atoms with Crippen molar-refractivity contribution in [1.29, 1.82) is 0 Å². The van der Waals surface area contributed by atoms with Crippen LogP contribution in [0.5, 0.6) is 0 Å². The van der Waals surface area contributed by atoms with Crippen molar-refractivity contribution < 1.29 is 0 Å². The second-order valence-electron chi connectivity index (χ2n) is 3.75. The molecule has 1 radical (unpaired) electrons. The second-order valence-corrected chi connectivity index (χ2v) is 6.97. The highest BCUT2D eigenvalue weighted by Gasteiger charge is 2.73. The van der Waals surface area contributed by atoms with Crippen LogP contribution >= 0.6 is 69.6 Å². The minimum atomic E-state index is -1.34. The standard InChI is InChI=1S/C8H5Cl6/c1-6-2-7(12,4(10)3(6)9)8(13,14)5(6)11/h5H,1-2H2. The van der Waals surface area contributed by atoms with Crippen molar-refractivity contribution in [3.05, 3.63) is 17.0 Å².